The van der Waals surface area contributed by atoms with Crippen LogP contribution in [0.3, 0.4) is 0 Å². The molecule has 0 aliphatic heterocycles. The van der Waals surface area contributed by atoms with Gasteiger partial charge in [-0.1, -0.05) is 60.8 Å². The third-order valence-corrected chi connectivity index (χ3v) is 11.6. The van der Waals surface area contributed by atoms with Gasteiger partial charge >= 0.3 is 5.97 Å². The molecular formula is C31H54O2. The number of rotatable bonds is 8. The van der Waals surface area contributed by atoms with Crippen molar-refractivity contribution in [2.24, 2.45) is 52.3 Å². The van der Waals surface area contributed by atoms with Crippen molar-refractivity contribution >= 4 is 5.97 Å². The molecule has 0 aromatic rings. The van der Waals surface area contributed by atoms with Gasteiger partial charge in [-0.3, -0.25) is 4.79 Å². The first-order chi connectivity index (χ1) is 15.7. The largest absolute Gasteiger partial charge is 0.462 e. The molecule has 0 spiro atoms. The number of carbonyl (C=O) groups is 1. The quantitative estimate of drug-likeness (QED) is 0.340. The molecule has 0 radical (unpaired) electrons. The molecular weight excluding hydrogens is 404 g/mol. The van der Waals surface area contributed by atoms with E-state index in [1.165, 1.54) is 64.2 Å². The fraction of sp³-hybridized carbons (Fsp3) is 0.968. The summed E-state index contributed by atoms with van der Waals surface area (Å²) < 4.78 is 5.90. The minimum absolute atomic E-state index is 0.0349. The molecule has 0 aromatic carbocycles. The molecule has 0 saturated heterocycles. The number of hydrogen-bond acceptors (Lipinski definition) is 2. The Morgan fingerprint density at radius 3 is 2.36 bits per heavy atom. The van der Waals surface area contributed by atoms with E-state index in [1.54, 1.807) is 0 Å². The zero-order chi connectivity index (χ0) is 23.8. The summed E-state index contributed by atoms with van der Waals surface area (Å²) in [5, 5.41) is 0. The SMILES string of the molecule is CCCC(=O)OC1CCC2(C)C(CCC3C2CCC2(C)C(C(C)CCCC(C)C)CCC32)C1. The predicted molar refractivity (Wildman–Crippen MR) is 138 cm³/mol. The average molecular weight is 459 g/mol. The van der Waals surface area contributed by atoms with Crippen LogP contribution in [0.15, 0.2) is 0 Å². The molecule has 0 heterocycles. The summed E-state index contributed by atoms with van der Waals surface area (Å²) in [5.74, 6) is 6.34. The van der Waals surface area contributed by atoms with Crippen LogP contribution in [0.5, 0.6) is 0 Å². The molecule has 9 unspecified atom stereocenters. The lowest BCUT2D eigenvalue weighted by Crippen LogP contribution is -2.54. The first kappa shape index (κ1) is 25.6. The molecule has 0 N–H and O–H groups in total. The van der Waals surface area contributed by atoms with E-state index in [4.69, 9.17) is 4.74 Å². The highest BCUT2D eigenvalue weighted by molar-refractivity contribution is 5.69. The van der Waals surface area contributed by atoms with Crippen LogP contribution in [0.1, 0.15) is 131 Å². The zero-order valence-corrected chi connectivity index (χ0v) is 22.8. The molecule has 0 amide bonds. The van der Waals surface area contributed by atoms with Crippen molar-refractivity contribution in [3.05, 3.63) is 0 Å². The number of fused-ring (bicyclic) bond motifs is 5. The van der Waals surface area contributed by atoms with Gasteiger partial charge in [0, 0.05) is 6.42 Å². The van der Waals surface area contributed by atoms with E-state index >= 15 is 0 Å². The smallest absolute Gasteiger partial charge is 0.306 e. The number of esters is 1. The first-order valence-corrected chi connectivity index (χ1v) is 14.9. The predicted octanol–water partition coefficient (Wildman–Crippen LogP) is 8.82. The Hall–Kier alpha value is -0.530. The molecule has 9 atom stereocenters. The summed E-state index contributed by atoms with van der Waals surface area (Å²) >= 11 is 0. The Labute approximate surface area is 205 Å². The molecule has 4 aliphatic rings. The zero-order valence-electron chi connectivity index (χ0n) is 22.8. The van der Waals surface area contributed by atoms with Gasteiger partial charge in [0.2, 0.25) is 0 Å². The van der Waals surface area contributed by atoms with Gasteiger partial charge in [-0.15, -0.1) is 0 Å². The molecule has 4 rings (SSSR count). The second kappa shape index (κ2) is 10.2. The Kier molecular flexibility index (Phi) is 7.92. The normalized spacial score (nSPS) is 43.5. The van der Waals surface area contributed by atoms with Crippen LogP contribution in [0.25, 0.3) is 0 Å². The minimum atomic E-state index is 0.0349. The van der Waals surface area contributed by atoms with Gasteiger partial charge in [-0.05, 0) is 116 Å². The maximum Gasteiger partial charge on any atom is 0.306 e. The summed E-state index contributed by atoms with van der Waals surface area (Å²) in [4.78, 5) is 12.1. The van der Waals surface area contributed by atoms with Crippen molar-refractivity contribution in [2.45, 2.75) is 138 Å². The molecule has 0 aromatic heterocycles. The Morgan fingerprint density at radius 2 is 1.64 bits per heavy atom. The molecule has 0 bridgehead atoms. The molecule has 2 heteroatoms. The van der Waals surface area contributed by atoms with Crippen molar-refractivity contribution in [2.75, 3.05) is 0 Å². The van der Waals surface area contributed by atoms with Crippen molar-refractivity contribution in [1.82, 2.24) is 0 Å². The van der Waals surface area contributed by atoms with E-state index in [0.717, 1.165) is 60.7 Å². The number of carbonyl (C=O) groups excluding carboxylic acids is 1. The topological polar surface area (TPSA) is 26.3 Å². The average Bonchev–Trinajstić information content (AvgIpc) is 3.11. The van der Waals surface area contributed by atoms with E-state index in [0.29, 0.717) is 17.3 Å². The Balaban J connectivity index is 1.40. The van der Waals surface area contributed by atoms with E-state index in [9.17, 15) is 4.79 Å². The summed E-state index contributed by atoms with van der Waals surface area (Å²) in [7, 11) is 0. The number of hydrogen-bond donors (Lipinski definition) is 0. The maximum atomic E-state index is 12.1. The molecule has 2 nitrogen and oxygen atoms in total. The van der Waals surface area contributed by atoms with Gasteiger partial charge in [-0.25, -0.2) is 0 Å². The van der Waals surface area contributed by atoms with Crippen LogP contribution in [-0.4, -0.2) is 12.1 Å². The lowest BCUT2D eigenvalue weighted by atomic mass is 9.44. The van der Waals surface area contributed by atoms with E-state index in [1.807, 2.05) is 0 Å². The van der Waals surface area contributed by atoms with Gasteiger partial charge in [0.25, 0.3) is 0 Å². The summed E-state index contributed by atoms with van der Waals surface area (Å²) in [6, 6.07) is 0. The highest BCUT2D eigenvalue weighted by Crippen LogP contribution is 2.68. The van der Waals surface area contributed by atoms with E-state index in [2.05, 4.69) is 41.5 Å². The summed E-state index contributed by atoms with van der Waals surface area (Å²) in [6.45, 7) is 14.8. The summed E-state index contributed by atoms with van der Waals surface area (Å²) in [5.41, 5.74) is 1.08. The monoisotopic (exact) mass is 458 g/mol. The van der Waals surface area contributed by atoms with Crippen LogP contribution < -0.4 is 0 Å². The van der Waals surface area contributed by atoms with E-state index < -0.39 is 0 Å². The molecule has 190 valence electrons. The highest BCUT2D eigenvalue weighted by Gasteiger charge is 2.60. The van der Waals surface area contributed by atoms with Crippen molar-refractivity contribution in [3.8, 4) is 0 Å². The van der Waals surface area contributed by atoms with Crippen molar-refractivity contribution in [1.29, 1.82) is 0 Å². The van der Waals surface area contributed by atoms with E-state index in [-0.39, 0.29) is 12.1 Å². The molecule has 4 aliphatic carbocycles. The third kappa shape index (κ3) is 4.93. The van der Waals surface area contributed by atoms with Crippen molar-refractivity contribution < 1.29 is 9.53 Å². The van der Waals surface area contributed by atoms with Crippen LogP contribution in [0, 0.1) is 52.3 Å². The van der Waals surface area contributed by atoms with Crippen LogP contribution in [0.2, 0.25) is 0 Å². The Bertz CT molecular complexity index is 670. The third-order valence-electron chi connectivity index (χ3n) is 11.6. The van der Waals surface area contributed by atoms with Crippen LogP contribution >= 0.6 is 0 Å². The van der Waals surface area contributed by atoms with Gasteiger partial charge < -0.3 is 4.74 Å². The standard InChI is InChI=1S/C31H54O2/c1-7-9-29(32)33-24-16-18-30(5)23(20-24)12-13-25-27-15-14-26(22(4)11-8-10-21(2)3)31(27,6)19-17-28(25)30/h21-28H,7-20H2,1-6H3. The maximum absolute atomic E-state index is 12.1. The first-order valence-electron chi connectivity index (χ1n) is 14.9. The Morgan fingerprint density at radius 1 is 0.909 bits per heavy atom. The second-order valence-corrected chi connectivity index (χ2v) is 13.8. The summed E-state index contributed by atoms with van der Waals surface area (Å²) in [6.07, 6.45) is 18.2. The fourth-order valence-corrected chi connectivity index (χ4v) is 9.80. The minimum Gasteiger partial charge on any atom is -0.462 e. The molecule has 4 saturated carbocycles. The van der Waals surface area contributed by atoms with Gasteiger partial charge in [-0.2, -0.15) is 0 Å². The fourth-order valence-electron chi connectivity index (χ4n) is 9.80. The van der Waals surface area contributed by atoms with Gasteiger partial charge in [0.05, 0.1) is 0 Å². The van der Waals surface area contributed by atoms with Gasteiger partial charge in [0.1, 0.15) is 6.10 Å². The molecule has 33 heavy (non-hydrogen) atoms. The molecule has 4 fully saturated rings. The van der Waals surface area contributed by atoms with Crippen LogP contribution in [0.4, 0.5) is 0 Å². The van der Waals surface area contributed by atoms with Gasteiger partial charge in [0.15, 0.2) is 0 Å². The van der Waals surface area contributed by atoms with Crippen molar-refractivity contribution in [3.63, 3.8) is 0 Å². The lowest BCUT2D eigenvalue weighted by Gasteiger charge is -2.61. The second-order valence-electron chi connectivity index (χ2n) is 13.8. The highest BCUT2D eigenvalue weighted by atomic mass is 16.5. The lowest BCUT2D eigenvalue weighted by molar-refractivity contribution is -0.162. The number of ether oxygens (including phenoxy) is 1. The van der Waals surface area contributed by atoms with Crippen LogP contribution in [-0.2, 0) is 9.53 Å².